The molecule has 0 bridgehead atoms. The van der Waals surface area contributed by atoms with Crippen molar-refractivity contribution in [1.82, 2.24) is 0 Å². The van der Waals surface area contributed by atoms with Crippen molar-refractivity contribution in [3.8, 4) is 0 Å². The first-order valence-corrected chi connectivity index (χ1v) is 9.85. The van der Waals surface area contributed by atoms with Crippen LogP contribution in [0.2, 0.25) is 10.0 Å². The van der Waals surface area contributed by atoms with Gasteiger partial charge in [-0.05, 0) is 48.9 Å². The summed E-state index contributed by atoms with van der Waals surface area (Å²) in [5.41, 5.74) is 0.541. The summed E-state index contributed by atoms with van der Waals surface area (Å²) in [4.78, 5) is 35.6. The monoisotopic (exact) mass is 467 g/mol. The second-order valence-electron chi connectivity index (χ2n) is 6.08. The van der Waals surface area contributed by atoms with Gasteiger partial charge in [0, 0.05) is 11.8 Å². The molecule has 7 nitrogen and oxygen atoms in total. The highest BCUT2D eigenvalue weighted by atomic mass is 35.5. The number of rotatable bonds is 5. The molecule has 0 atom stereocenters. The molecule has 1 aromatic heterocycles. The smallest absolute Gasteiger partial charge is 0.289 e. The van der Waals surface area contributed by atoms with Crippen LogP contribution in [0.25, 0.3) is 0 Å². The van der Waals surface area contributed by atoms with Crippen LogP contribution in [0.5, 0.6) is 0 Å². The predicted molar refractivity (Wildman–Crippen MR) is 114 cm³/mol. The van der Waals surface area contributed by atoms with Gasteiger partial charge in [0.05, 0.1) is 25.4 Å². The lowest BCUT2D eigenvalue weighted by molar-refractivity contribution is -0.384. The maximum atomic E-state index is 13.1. The van der Waals surface area contributed by atoms with Crippen LogP contribution in [0.3, 0.4) is 0 Å². The van der Waals surface area contributed by atoms with E-state index in [4.69, 9.17) is 23.2 Å². The van der Waals surface area contributed by atoms with Gasteiger partial charge in [0.1, 0.15) is 10.8 Å². The van der Waals surface area contributed by atoms with Crippen LogP contribution in [0.15, 0.2) is 42.5 Å². The largest absolute Gasteiger partial charge is 0.321 e. The number of nitrogens with one attached hydrogen (secondary N) is 2. The number of thiophene rings is 1. The molecule has 0 radical (unpaired) electrons. The van der Waals surface area contributed by atoms with Crippen molar-refractivity contribution in [3.05, 3.63) is 84.4 Å². The molecule has 0 spiro atoms. The van der Waals surface area contributed by atoms with E-state index in [2.05, 4.69) is 10.6 Å². The maximum Gasteiger partial charge on any atom is 0.289 e. The summed E-state index contributed by atoms with van der Waals surface area (Å²) in [5.74, 6) is -1.62. The summed E-state index contributed by atoms with van der Waals surface area (Å²) >= 11 is 12.7. The molecule has 0 aliphatic heterocycles. The molecule has 0 fully saturated rings. The van der Waals surface area contributed by atoms with E-state index in [0.29, 0.717) is 15.4 Å². The zero-order chi connectivity index (χ0) is 22.0. The first-order chi connectivity index (χ1) is 14.2. The van der Waals surface area contributed by atoms with Crippen LogP contribution in [-0.2, 0) is 0 Å². The molecular formula is C19H12Cl2FN3O4S. The lowest BCUT2D eigenvalue weighted by Crippen LogP contribution is -2.12. The molecule has 0 aliphatic carbocycles. The highest BCUT2D eigenvalue weighted by molar-refractivity contribution is 7.18. The van der Waals surface area contributed by atoms with Crippen molar-refractivity contribution < 1.29 is 18.9 Å². The number of amides is 2. The first-order valence-electron chi connectivity index (χ1n) is 8.28. The van der Waals surface area contributed by atoms with Crippen LogP contribution in [0.4, 0.5) is 20.8 Å². The summed E-state index contributed by atoms with van der Waals surface area (Å²) in [7, 11) is 0. The molecule has 154 valence electrons. The summed E-state index contributed by atoms with van der Waals surface area (Å²) < 4.78 is 13.1. The minimum atomic E-state index is -0.650. The van der Waals surface area contributed by atoms with Crippen LogP contribution in [0, 0.1) is 22.9 Å². The molecule has 3 aromatic rings. The molecule has 0 saturated heterocycles. The summed E-state index contributed by atoms with van der Waals surface area (Å²) in [6.45, 7) is 1.68. The number of nitro benzene ring substituents is 1. The van der Waals surface area contributed by atoms with E-state index < -0.39 is 22.6 Å². The van der Waals surface area contributed by atoms with Crippen LogP contribution in [0.1, 0.15) is 25.6 Å². The summed E-state index contributed by atoms with van der Waals surface area (Å²) in [6, 6.07) is 8.91. The van der Waals surface area contributed by atoms with Gasteiger partial charge in [-0.1, -0.05) is 23.2 Å². The Morgan fingerprint density at radius 1 is 1.03 bits per heavy atom. The Hall–Kier alpha value is -3.01. The highest BCUT2D eigenvalue weighted by Crippen LogP contribution is 2.31. The van der Waals surface area contributed by atoms with Gasteiger partial charge in [0.25, 0.3) is 17.5 Å². The van der Waals surface area contributed by atoms with Gasteiger partial charge in [0.2, 0.25) is 0 Å². The lowest BCUT2D eigenvalue weighted by Gasteiger charge is -2.05. The lowest BCUT2D eigenvalue weighted by atomic mass is 10.2. The first kappa shape index (κ1) is 21.7. The number of halogens is 3. The third kappa shape index (κ3) is 4.76. The second-order valence-corrected chi connectivity index (χ2v) is 7.95. The minimum absolute atomic E-state index is 0.0388. The number of benzene rings is 2. The number of aryl methyl sites for hydroxylation is 1. The van der Waals surface area contributed by atoms with Crippen molar-refractivity contribution in [2.75, 3.05) is 10.6 Å². The molecule has 3 rings (SSSR count). The average Bonchev–Trinajstić information content (AvgIpc) is 3.03. The summed E-state index contributed by atoms with van der Waals surface area (Å²) in [6.07, 6.45) is 0. The van der Waals surface area contributed by atoms with Gasteiger partial charge < -0.3 is 10.6 Å². The minimum Gasteiger partial charge on any atom is -0.321 e. The fourth-order valence-electron chi connectivity index (χ4n) is 2.54. The Morgan fingerprint density at radius 3 is 2.43 bits per heavy atom. The third-order valence-corrected chi connectivity index (χ3v) is 5.72. The number of hydrogen-bond donors (Lipinski definition) is 2. The standard InChI is InChI=1S/C19H12Cl2FN3O4S/c1-9-6-16(24-18(26)12-4-2-10(22)7-14(12)21)30-17(9)19(27)23-11-3-5-13(20)15(8-11)25(28)29/h2-8H,1H3,(H,23,27)(H,24,26). The molecule has 2 amide bonds. The molecule has 0 aliphatic rings. The van der Waals surface area contributed by atoms with E-state index >= 15 is 0 Å². The van der Waals surface area contributed by atoms with Crippen molar-refractivity contribution in [1.29, 1.82) is 0 Å². The van der Waals surface area contributed by atoms with Crippen LogP contribution in [-0.4, -0.2) is 16.7 Å². The Labute approximate surface area is 183 Å². The number of carbonyl (C=O) groups excluding carboxylic acids is 2. The number of nitrogens with zero attached hydrogens (tertiary/aromatic N) is 1. The SMILES string of the molecule is Cc1cc(NC(=O)c2ccc(F)cc2Cl)sc1C(=O)Nc1ccc(Cl)c([N+](=O)[O-])c1. The van der Waals surface area contributed by atoms with Crippen molar-refractivity contribution in [2.24, 2.45) is 0 Å². The van der Waals surface area contributed by atoms with Gasteiger partial charge in [-0.2, -0.15) is 0 Å². The fourth-order valence-corrected chi connectivity index (χ4v) is 3.94. The van der Waals surface area contributed by atoms with Gasteiger partial charge in [-0.15, -0.1) is 11.3 Å². The Kier molecular flexibility index (Phi) is 6.35. The Balaban J connectivity index is 1.77. The average molecular weight is 468 g/mol. The molecule has 2 N–H and O–H groups in total. The normalized spacial score (nSPS) is 10.5. The third-order valence-electron chi connectivity index (χ3n) is 3.94. The van der Waals surface area contributed by atoms with Crippen molar-refractivity contribution in [2.45, 2.75) is 6.92 Å². The van der Waals surface area contributed by atoms with Crippen LogP contribution >= 0.6 is 34.5 Å². The molecular weight excluding hydrogens is 456 g/mol. The topological polar surface area (TPSA) is 101 Å². The van der Waals surface area contributed by atoms with Crippen molar-refractivity contribution in [3.63, 3.8) is 0 Å². The highest BCUT2D eigenvalue weighted by Gasteiger charge is 2.19. The summed E-state index contributed by atoms with van der Waals surface area (Å²) in [5, 5.41) is 16.5. The zero-order valence-electron chi connectivity index (χ0n) is 15.2. The van der Waals surface area contributed by atoms with Gasteiger partial charge >= 0.3 is 0 Å². The maximum absolute atomic E-state index is 13.1. The van der Waals surface area contributed by atoms with E-state index in [1.165, 1.54) is 18.2 Å². The van der Waals surface area contributed by atoms with E-state index in [1.54, 1.807) is 13.0 Å². The van der Waals surface area contributed by atoms with E-state index in [-0.39, 0.29) is 27.0 Å². The Bertz CT molecular complexity index is 1180. The fraction of sp³-hybridized carbons (Fsp3) is 0.0526. The molecule has 0 saturated carbocycles. The molecule has 11 heteroatoms. The van der Waals surface area contributed by atoms with E-state index in [0.717, 1.165) is 29.5 Å². The quantitative estimate of drug-likeness (QED) is 0.359. The zero-order valence-corrected chi connectivity index (χ0v) is 17.5. The Morgan fingerprint density at radius 2 is 1.77 bits per heavy atom. The molecule has 0 unspecified atom stereocenters. The van der Waals surface area contributed by atoms with Gasteiger partial charge in [-0.25, -0.2) is 4.39 Å². The van der Waals surface area contributed by atoms with Crippen LogP contribution < -0.4 is 10.6 Å². The molecule has 2 aromatic carbocycles. The molecule has 30 heavy (non-hydrogen) atoms. The van der Waals surface area contributed by atoms with E-state index in [1.807, 2.05) is 0 Å². The number of carbonyl (C=O) groups is 2. The van der Waals surface area contributed by atoms with Crippen molar-refractivity contribution >= 4 is 62.7 Å². The van der Waals surface area contributed by atoms with E-state index in [9.17, 15) is 24.1 Å². The number of hydrogen-bond acceptors (Lipinski definition) is 5. The van der Waals surface area contributed by atoms with Gasteiger partial charge in [0.15, 0.2) is 0 Å². The predicted octanol–water partition coefficient (Wildman–Crippen LogP) is 5.92. The number of anilines is 2. The second kappa shape index (κ2) is 8.78. The molecule has 1 heterocycles. The number of nitro groups is 1. The van der Waals surface area contributed by atoms with Gasteiger partial charge in [-0.3, -0.25) is 19.7 Å².